The summed E-state index contributed by atoms with van der Waals surface area (Å²) in [5.74, 6) is 1.11. The van der Waals surface area contributed by atoms with Crippen LogP contribution in [0.3, 0.4) is 0 Å². The van der Waals surface area contributed by atoms with Crippen LogP contribution in [0.2, 0.25) is 0 Å². The number of hydrogen-bond donors (Lipinski definition) is 1. The van der Waals surface area contributed by atoms with E-state index >= 15 is 0 Å². The van der Waals surface area contributed by atoms with Crippen molar-refractivity contribution in [1.82, 2.24) is 0 Å². The molecule has 1 saturated carbocycles. The third-order valence-corrected chi connectivity index (χ3v) is 2.40. The number of ether oxygens (including phenoxy) is 1. The Morgan fingerprint density at radius 1 is 1.50 bits per heavy atom. The van der Waals surface area contributed by atoms with Crippen LogP contribution in [0.15, 0.2) is 0 Å². The number of hydrogen-bond acceptors (Lipinski definition) is 2. The van der Waals surface area contributed by atoms with Crippen LogP contribution in [0.1, 0.15) is 19.8 Å². The summed E-state index contributed by atoms with van der Waals surface area (Å²) in [6, 6.07) is 0. The summed E-state index contributed by atoms with van der Waals surface area (Å²) in [4.78, 5) is 0. The Hall–Kier alpha value is -0.0800. The van der Waals surface area contributed by atoms with E-state index in [9.17, 15) is 0 Å². The van der Waals surface area contributed by atoms with Gasteiger partial charge in [-0.25, -0.2) is 0 Å². The standard InChI is InChI=1S/C8H16O2/c1-6-3-7(5-9)8(4-6)10-2/h6-9H,3-5H2,1-2H3/t6-,7+,8?/m1/s1. The second-order valence-electron chi connectivity index (χ2n) is 3.29. The van der Waals surface area contributed by atoms with Gasteiger partial charge in [0.05, 0.1) is 6.10 Å². The first-order chi connectivity index (χ1) is 4.77. The molecule has 0 bridgehead atoms. The molecular weight excluding hydrogens is 128 g/mol. The summed E-state index contributed by atoms with van der Waals surface area (Å²) in [6.45, 7) is 2.49. The van der Waals surface area contributed by atoms with Gasteiger partial charge in [-0.2, -0.15) is 0 Å². The van der Waals surface area contributed by atoms with Crippen LogP contribution >= 0.6 is 0 Å². The molecule has 1 aliphatic rings. The molecule has 0 amide bonds. The Labute approximate surface area is 62.2 Å². The predicted octanol–water partition coefficient (Wildman–Crippen LogP) is 1.04. The van der Waals surface area contributed by atoms with Gasteiger partial charge in [0.1, 0.15) is 0 Å². The average molecular weight is 144 g/mol. The molecule has 1 N–H and O–H groups in total. The van der Waals surface area contributed by atoms with Gasteiger partial charge in [-0.1, -0.05) is 6.92 Å². The molecule has 10 heavy (non-hydrogen) atoms. The molecule has 1 fully saturated rings. The fraction of sp³-hybridized carbons (Fsp3) is 1.00. The lowest BCUT2D eigenvalue weighted by Crippen LogP contribution is -2.19. The molecule has 0 aromatic rings. The molecule has 1 unspecified atom stereocenters. The molecule has 0 saturated heterocycles. The van der Waals surface area contributed by atoms with Crippen LogP contribution in [-0.2, 0) is 4.74 Å². The fourth-order valence-corrected chi connectivity index (χ4v) is 1.83. The fourth-order valence-electron chi connectivity index (χ4n) is 1.83. The summed E-state index contributed by atoms with van der Waals surface area (Å²) >= 11 is 0. The Balaban J connectivity index is 2.41. The van der Waals surface area contributed by atoms with Crippen LogP contribution in [0.4, 0.5) is 0 Å². The maximum atomic E-state index is 8.91. The summed E-state index contributed by atoms with van der Waals surface area (Å²) < 4.78 is 5.23. The largest absolute Gasteiger partial charge is 0.396 e. The first-order valence-electron chi connectivity index (χ1n) is 3.91. The van der Waals surface area contributed by atoms with Gasteiger partial charge >= 0.3 is 0 Å². The van der Waals surface area contributed by atoms with Crippen molar-refractivity contribution in [3.8, 4) is 0 Å². The van der Waals surface area contributed by atoms with E-state index in [2.05, 4.69) is 6.92 Å². The molecule has 0 heterocycles. The van der Waals surface area contributed by atoms with Gasteiger partial charge in [0, 0.05) is 19.6 Å². The normalized spacial score (nSPS) is 40.5. The molecule has 0 spiro atoms. The van der Waals surface area contributed by atoms with Gasteiger partial charge in [-0.15, -0.1) is 0 Å². The summed E-state index contributed by atoms with van der Waals surface area (Å²) in [5.41, 5.74) is 0. The minimum absolute atomic E-state index is 0.281. The average Bonchev–Trinajstić information content (AvgIpc) is 2.30. The molecule has 0 radical (unpaired) electrons. The first-order valence-corrected chi connectivity index (χ1v) is 3.91. The van der Waals surface area contributed by atoms with Crippen LogP contribution in [0.5, 0.6) is 0 Å². The van der Waals surface area contributed by atoms with Crippen molar-refractivity contribution in [2.45, 2.75) is 25.9 Å². The number of methoxy groups -OCH3 is 1. The quantitative estimate of drug-likeness (QED) is 0.627. The Kier molecular flexibility index (Phi) is 2.69. The van der Waals surface area contributed by atoms with Gasteiger partial charge in [-0.05, 0) is 18.8 Å². The third kappa shape index (κ3) is 1.50. The molecule has 0 aromatic heterocycles. The van der Waals surface area contributed by atoms with E-state index in [0.717, 1.165) is 18.8 Å². The highest BCUT2D eigenvalue weighted by Gasteiger charge is 2.30. The van der Waals surface area contributed by atoms with Gasteiger partial charge in [-0.3, -0.25) is 0 Å². The SMILES string of the molecule is COC1C[C@H](C)C[C@H]1CO. The topological polar surface area (TPSA) is 29.5 Å². The molecule has 1 rings (SSSR count). The Bertz CT molecular complexity index is 91.4. The summed E-state index contributed by atoms with van der Waals surface area (Å²) in [6.07, 6.45) is 2.54. The zero-order chi connectivity index (χ0) is 7.56. The van der Waals surface area contributed by atoms with Gasteiger partial charge in [0.15, 0.2) is 0 Å². The minimum Gasteiger partial charge on any atom is -0.396 e. The summed E-state index contributed by atoms with van der Waals surface area (Å²) in [7, 11) is 1.73. The lowest BCUT2D eigenvalue weighted by molar-refractivity contribution is 0.0457. The van der Waals surface area contributed by atoms with Crippen LogP contribution < -0.4 is 0 Å². The molecule has 60 valence electrons. The van der Waals surface area contributed by atoms with E-state index < -0.39 is 0 Å². The second kappa shape index (κ2) is 3.35. The smallest absolute Gasteiger partial charge is 0.0624 e. The van der Waals surface area contributed by atoms with Crippen LogP contribution in [-0.4, -0.2) is 24.9 Å². The molecule has 2 heteroatoms. The lowest BCUT2D eigenvalue weighted by atomic mass is 10.1. The highest BCUT2D eigenvalue weighted by Crippen LogP contribution is 2.31. The lowest BCUT2D eigenvalue weighted by Gasteiger charge is -2.14. The maximum absolute atomic E-state index is 8.91. The maximum Gasteiger partial charge on any atom is 0.0624 e. The zero-order valence-electron chi connectivity index (χ0n) is 6.71. The molecule has 0 aromatic carbocycles. The molecule has 3 atom stereocenters. The number of rotatable bonds is 2. The molecular formula is C8H16O2. The minimum atomic E-state index is 0.281. The van der Waals surface area contributed by atoms with Crippen molar-refractivity contribution in [2.75, 3.05) is 13.7 Å². The van der Waals surface area contributed by atoms with E-state index in [4.69, 9.17) is 9.84 Å². The van der Waals surface area contributed by atoms with Crippen molar-refractivity contribution in [3.63, 3.8) is 0 Å². The highest BCUT2D eigenvalue weighted by atomic mass is 16.5. The third-order valence-electron chi connectivity index (χ3n) is 2.40. The van der Waals surface area contributed by atoms with Gasteiger partial charge in [0.2, 0.25) is 0 Å². The van der Waals surface area contributed by atoms with E-state index in [-0.39, 0.29) is 6.61 Å². The van der Waals surface area contributed by atoms with Crippen molar-refractivity contribution in [1.29, 1.82) is 0 Å². The van der Waals surface area contributed by atoms with Gasteiger partial charge < -0.3 is 9.84 Å². The van der Waals surface area contributed by atoms with Crippen molar-refractivity contribution in [2.24, 2.45) is 11.8 Å². The monoisotopic (exact) mass is 144 g/mol. The molecule has 2 nitrogen and oxygen atoms in total. The van der Waals surface area contributed by atoms with E-state index in [1.54, 1.807) is 7.11 Å². The van der Waals surface area contributed by atoms with E-state index in [1.165, 1.54) is 0 Å². The number of aliphatic hydroxyl groups excluding tert-OH is 1. The predicted molar refractivity (Wildman–Crippen MR) is 39.8 cm³/mol. The number of aliphatic hydroxyl groups is 1. The Morgan fingerprint density at radius 2 is 2.20 bits per heavy atom. The van der Waals surface area contributed by atoms with Gasteiger partial charge in [0.25, 0.3) is 0 Å². The molecule has 0 aliphatic heterocycles. The van der Waals surface area contributed by atoms with Crippen LogP contribution in [0, 0.1) is 11.8 Å². The van der Waals surface area contributed by atoms with E-state index in [1.807, 2.05) is 0 Å². The van der Waals surface area contributed by atoms with Crippen LogP contribution in [0.25, 0.3) is 0 Å². The summed E-state index contributed by atoms with van der Waals surface area (Å²) in [5, 5.41) is 8.91. The van der Waals surface area contributed by atoms with Crippen molar-refractivity contribution in [3.05, 3.63) is 0 Å². The second-order valence-corrected chi connectivity index (χ2v) is 3.29. The Morgan fingerprint density at radius 3 is 2.60 bits per heavy atom. The first kappa shape index (κ1) is 8.02. The molecule has 1 aliphatic carbocycles. The van der Waals surface area contributed by atoms with Crippen molar-refractivity contribution < 1.29 is 9.84 Å². The van der Waals surface area contributed by atoms with E-state index in [0.29, 0.717) is 12.0 Å². The highest BCUT2D eigenvalue weighted by molar-refractivity contribution is 4.81. The van der Waals surface area contributed by atoms with Crippen molar-refractivity contribution >= 4 is 0 Å². The zero-order valence-corrected chi connectivity index (χ0v) is 6.71.